The number of hydrogen-bond acceptors (Lipinski definition) is 3. The van der Waals surface area contributed by atoms with Gasteiger partial charge in [0.05, 0.1) is 6.10 Å². The van der Waals surface area contributed by atoms with Gasteiger partial charge in [-0.2, -0.15) is 4.20 Å². The molecule has 62 valence electrons. The lowest BCUT2D eigenvalue weighted by atomic mass is 10.5. The normalized spacial score (nSPS) is 20.6. The van der Waals surface area contributed by atoms with Crippen molar-refractivity contribution in [3.05, 3.63) is 0 Å². The van der Waals surface area contributed by atoms with E-state index >= 15 is 0 Å². The van der Waals surface area contributed by atoms with Crippen LogP contribution in [0.2, 0.25) is 0 Å². The SMILES string of the molecule is CC(C)OC(C)P(=O)([O-])F. The summed E-state index contributed by atoms with van der Waals surface area (Å²) in [5.41, 5.74) is 0. The maximum absolute atomic E-state index is 12.0. The van der Waals surface area contributed by atoms with Gasteiger partial charge in [0.2, 0.25) is 7.68 Å². The monoisotopic (exact) mass is 169 g/mol. The molecule has 0 spiro atoms. The molecule has 0 aliphatic rings. The Bertz CT molecular complexity index is 142. The zero-order valence-corrected chi connectivity index (χ0v) is 7.10. The first-order chi connectivity index (χ1) is 4.34. The van der Waals surface area contributed by atoms with E-state index in [0.29, 0.717) is 0 Å². The highest BCUT2D eigenvalue weighted by atomic mass is 31.2. The van der Waals surface area contributed by atoms with Crippen LogP contribution in [0, 0.1) is 0 Å². The fourth-order valence-corrected chi connectivity index (χ4v) is 0.855. The van der Waals surface area contributed by atoms with E-state index < -0.39 is 13.5 Å². The molecular weight excluding hydrogens is 158 g/mol. The van der Waals surface area contributed by atoms with Crippen molar-refractivity contribution in [2.75, 3.05) is 0 Å². The molecule has 5 heteroatoms. The van der Waals surface area contributed by atoms with Crippen LogP contribution in [0.4, 0.5) is 4.20 Å². The minimum Gasteiger partial charge on any atom is -0.773 e. The number of hydrogen-bond donors (Lipinski definition) is 0. The molecule has 2 atom stereocenters. The molecule has 0 saturated heterocycles. The third-order valence-electron chi connectivity index (χ3n) is 0.903. The van der Waals surface area contributed by atoms with Crippen LogP contribution in [0.5, 0.6) is 0 Å². The van der Waals surface area contributed by atoms with Gasteiger partial charge in [0.25, 0.3) is 0 Å². The van der Waals surface area contributed by atoms with Crippen LogP contribution < -0.4 is 4.89 Å². The number of ether oxygens (including phenoxy) is 1. The van der Waals surface area contributed by atoms with Crippen LogP contribution in [-0.2, 0) is 9.30 Å². The molecule has 0 aliphatic carbocycles. The molecule has 0 aromatic carbocycles. The second-order valence-electron chi connectivity index (χ2n) is 2.31. The van der Waals surface area contributed by atoms with Gasteiger partial charge in [0.1, 0.15) is 5.85 Å². The predicted octanol–water partition coefficient (Wildman–Crippen LogP) is 1.28. The van der Waals surface area contributed by atoms with Crippen molar-refractivity contribution < 1.29 is 18.4 Å². The zero-order chi connectivity index (χ0) is 8.36. The molecule has 0 fully saturated rings. The Labute approximate surface area is 59.8 Å². The van der Waals surface area contributed by atoms with E-state index in [1.807, 2.05) is 0 Å². The summed E-state index contributed by atoms with van der Waals surface area (Å²) < 4.78 is 26.8. The van der Waals surface area contributed by atoms with Crippen molar-refractivity contribution in [1.29, 1.82) is 0 Å². The summed E-state index contributed by atoms with van der Waals surface area (Å²) in [6.07, 6.45) is -0.270. The molecule has 0 amide bonds. The van der Waals surface area contributed by atoms with Gasteiger partial charge in [-0.05, 0) is 20.8 Å². The third kappa shape index (κ3) is 3.99. The van der Waals surface area contributed by atoms with Crippen molar-refractivity contribution >= 4 is 7.68 Å². The summed E-state index contributed by atoms with van der Waals surface area (Å²) in [6.45, 7) is 4.46. The molecule has 0 aromatic rings. The van der Waals surface area contributed by atoms with Crippen LogP contribution in [0.25, 0.3) is 0 Å². The van der Waals surface area contributed by atoms with Crippen LogP contribution in [0.3, 0.4) is 0 Å². The molecule has 3 nitrogen and oxygen atoms in total. The standard InChI is InChI=1S/C5H12FO3P/c1-4(2)9-5(3)10(6,7)8/h4-5H,1-3H3,(H,7,8)/p-1. The van der Waals surface area contributed by atoms with Crippen molar-refractivity contribution in [1.82, 2.24) is 0 Å². The van der Waals surface area contributed by atoms with Gasteiger partial charge >= 0.3 is 0 Å². The first-order valence-corrected chi connectivity index (χ1v) is 4.58. The lowest BCUT2D eigenvalue weighted by Crippen LogP contribution is -2.18. The lowest BCUT2D eigenvalue weighted by molar-refractivity contribution is -0.198. The molecule has 0 aromatic heterocycles. The summed E-state index contributed by atoms with van der Waals surface area (Å²) in [7, 11) is -4.78. The van der Waals surface area contributed by atoms with Gasteiger partial charge in [-0.3, -0.25) is 0 Å². The Morgan fingerprint density at radius 1 is 1.50 bits per heavy atom. The molecule has 10 heavy (non-hydrogen) atoms. The summed E-state index contributed by atoms with van der Waals surface area (Å²) in [5.74, 6) is -1.33. The van der Waals surface area contributed by atoms with Crippen molar-refractivity contribution in [2.45, 2.75) is 32.7 Å². The molecule has 2 unspecified atom stereocenters. The second-order valence-corrected chi connectivity index (χ2v) is 4.07. The number of rotatable bonds is 3. The first-order valence-electron chi connectivity index (χ1n) is 3.00. The van der Waals surface area contributed by atoms with Gasteiger partial charge < -0.3 is 14.2 Å². The average Bonchev–Trinajstić information content (AvgIpc) is 1.60. The molecule has 0 radical (unpaired) electrons. The molecule has 0 bridgehead atoms. The lowest BCUT2D eigenvalue weighted by Gasteiger charge is -2.22. The topological polar surface area (TPSA) is 49.4 Å². The summed E-state index contributed by atoms with van der Waals surface area (Å²) in [6, 6.07) is 0. The van der Waals surface area contributed by atoms with E-state index in [9.17, 15) is 13.7 Å². The zero-order valence-electron chi connectivity index (χ0n) is 6.20. The van der Waals surface area contributed by atoms with Crippen molar-refractivity contribution in [2.24, 2.45) is 0 Å². The summed E-state index contributed by atoms with van der Waals surface area (Å²) in [5, 5.41) is 0. The molecule has 0 heterocycles. The van der Waals surface area contributed by atoms with E-state index in [-0.39, 0.29) is 6.10 Å². The minimum absolute atomic E-state index is 0.270. The average molecular weight is 169 g/mol. The predicted molar refractivity (Wildman–Crippen MR) is 34.4 cm³/mol. The number of halogens is 1. The Morgan fingerprint density at radius 2 is 1.90 bits per heavy atom. The quantitative estimate of drug-likeness (QED) is 0.598. The maximum atomic E-state index is 12.0. The Hall–Kier alpha value is 0.0800. The van der Waals surface area contributed by atoms with E-state index in [4.69, 9.17) is 0 Å². The maximum Gasteiger partial charge on any atom is 0.209 e. The second kappa shape index (κ2) is 3.46. The minimum atomic E-state index is -4.78. The van der Waals surface area contributed by atoms with Gasteiger partial charge in [-0.25, -0.2) is 0 Å². The van der Waals surface area contributed by atoms with Crippen LogP contribution >= 0.6 is 7.68 Å². The molecule has 0 N–H and O–H groups in total. The molecule has 0 rings (SSSR count). The highest BCUT2D eigenvalue weighted by molar-refractivity contribution is 7.51. The highest BCUT2D eigenvalue weighted by Crippen LogP contribution is 2.43. The molecule has 0 saturated carbocycles. The van der Waals surface area contributed by atoms with Crippen molar-refractivity contribution in [3.63, 3.8) is 0 Å². The Morgan fingerprint density at radius 3 is 2.00 bits per heavy atom. The third-order valence-corrected chi connectivity index (χ3v) is 1.89. The fourth-order valence-electron chi connectivity index (χ4n) is 0.467. The largest absolute Gasteiger partial charge is 0.773 e. The molecular formula is C5H11FO3P-. The van der Waals surface area contributed by atoms with Crippen LogP contribution in [0.15, 0.2) is 0 Å². The van der Waals surface area contributed by atoms with E-state index in [1.54, 1.807) is 13.8 Å². The van der Waals surface area contributed by atoms with E-state index in [1.165, 1.54) is 6.92 Å². The van der Waals surface area contributed by atoms with E-state index in [0.717, 1.165) is 0 Å². The summed E-state index contributed by atoms with van der Waals surface area (Å²) in [4.78, 5) is 10.1. The highest BCUT2D eigenvalue weighted by Gasteiger charge is 2.17. The Balaban J connectivity index is 3.86. The van der Waals surface area contributed by atoms with Gasteiger partial charge in [-0.1, -0.05) is 0 Å². The van der Waals surface area contributed by atoms with Crippen LogP contribution in [0.1, 0.15) is 20.8 Å². The van der Waals surface area contributed by atoms with Gasteiger partial charge in [-0.15, -0.1) is 0 Å². The van der Waals surface area contributed by atoms with Crippen LogP contribution in [-0.4, -0.2) is 11.9 Å². The van der Waals surface area contributed by atoms with E-state index in [2.05, 4.69) is 4.74 Å². The first kappa shape index (κ1) is 10.1. The Kier molecular flexibility index (Phi) is 3.49. The summed E-state index contributed by atoms with van der Waals surface area (Å²) >= 11 is 0. The van der Waals surface area contributed by atoms with Gasteiger partial charge in [0.15, 0.2) is 0 Å². The molecule has 0 aliphatic heterocycles. The fraction of sp³-hybridized carbons (Fsp3) is 1.00. The van der Waals surface area contributed by atoms with Gasteiger partial charge in [0, 0.05) is 0 Å². The van der Waals surface area contributed by atoms with Crippen molar-refractivity contribution in [3.8, 4) is 0 Å². The smallest absolute Gasteiger partial charge is 0.209 e.